The van der Waals surface area contributed by atoms with Crippen molar-refractivity contribution in [2.75, 3.05) is 12.0 Å². The maximum atomic E-state index is 12.4. The summed E-state index contributed by atoms with van der Waals surface area (Å²) >= 11 is 0. The fourth-order valence-electron chi connectivity index (χ4n) is 2.65. The second kappa shape index (κ2) is 7.00. The van der Waals surface area contributed by atoms with E-state index in [1.165, 1.54) is 7.11 Å². The lowest BCUT2D eigenvalue weighted by Gasteiger charge is -2.36. The normalized spacial score (nSPS) is 18.4. The number of allylic oxidation sites excluding steroid dienone is 1. The molecule has 0 spiro atoms. The van der Waals surface area contributed by atoms with Gasteiger partial charge in [0.25, 0.3) is 0 Å². The summed E-state index contributed by atoms with van der Waals surface area (Å²) in [6, 6.07) is 9.56. The van der Waals surface area contributed by atoms with Gasteiger partial charge in [-0.3, -0.25) is 4.90 Å². The average Bonchev–Trinajstić information content (AvgIpc) is 2.48. The number of carbonyl (C=O) groups is 1. The average molecular weight is 319 g/mol. The molecule has 0 aliphatic heterocycles. The maximum Gasteiger partial charge on any atom is 0.414 e. The SMILES string of the molecule is COC(=O)N(c1ccccc1)C1CCCC=C1O[Si](C)(C)C. The molecule has 0 bridgehead atoms. The number of ether oxygens (including phenoxy) is 1. The number of rotatable bonds is 4. The molecule has 0 N–H and O–H groups in total. The van der Waals surface area contributed by atoms with Crippen LogP contribution in [0.5, 0.6) is 0 Å². The molecule has 4 nitrogen and oxygen atoms in total. The minimum Gasteiger partial charge on any atom is -0.546 e. The largest absolute Gasteiger partial charge is 0.546 e. The van der Waals surface area contributed by atoms with E-state index < -0.39 is 8.32 Å². The number of para-hydroxylation sites is 1. The van der Waals surface area contributed by atoms with Gasteiger partial charge in [0.15, 0.2) is 0 Å². The van der Waals surface area contributed by atoms with Crippen LogP contribution in [0.4, 0.5) is 10.5 Å². The van der Waals surface area contributed by atoms with E-state index in [0.717, 1.165) is 30.7 Å². The summed E-state index contributed by atoms with van der Waals surface area (Å²) in [5.41, 5.74) is 0.839. The first-order valence-corrected chi connectivity index (χ1v) is 11.1. The highest BCUT2D eigenvalue weighted by molar-refractivity contribution is 6.70. The molecule has 22 heavy (non-hydrogen) atoms. The van der Waals surface area contributed by atoms with E-state index in [4.69, 9.17) is 9.16 Å². The van der Waals surface area contributed by atoms with Crippen LogP contribution in [0, 0.1) is 0 Å². The minimum atomic E-state index is -1.73. The zero-order chi connectivity index (χ0) is 16.2. The molecular formula is C17H25NO3Si. The molecule has 1 atom stereocenters. The monoisotopic (exact) mass is 319 g/mol. The quantitative estimate of drug-likeness (QED) is 0.764. The molecule has 1 aliphatic rings. The molecule has 120 valence electrons. The molecule has 0 saturated carbocycles. The van der Waals surface area contributed by atoms with Crippen molar-refractivity contribution in [2.24, 2.45) is 0 Å². The van der Waals surface area contributed by atoms with Gasteiger partial charge in [-0.05, 0) is 57.1 Å². The molecule has 1 amide bonds. The minimum absolute atomic E-state index is 0.0877. The zero-order valence-corrected chi connectivity index (χ0v) is 14.8. The fraction of sp³-hybridized carbons (Fsp3) is 0.471. The van der Waals surface area contributed by atoms with E-state index in [0.29, 0.717) is 0 Å². The number of hydrogen-bond donors (Lipinski definition) is 0. The first-order valence-electron chi connectivity index (χ1n) is 7.73. The maximum absolute atomic E-state index is 12.4. The van der Waals surface area contributed by atoms with Crippen LogP contribution in [0.3, 0.4) is 0 Å². The van der Waals surface area contributed by atoms with E-state index in [-0.39, 0.29) is 12.1 Å². The second-order valence-electron chi connectivity index (χ2n) is 6.44. The molecule has 5 heteroatoms. The van der Waals surface area contributed by atoms with Crippen LogP contribution in [0.2, 0.25) is 19.6 Å². The Labute approximate surface area is 133 Å². The van der Waals surface area contributed by atoms with Gasteiger partial charge in [0.2, 0.25) is 8.32 Å². The highest BCUT2D eigenvalue weighted by atomic mass is 28.4. The van der Waals surface area contributed by atoms with Gasteiger partial charge >= 0.3 is 6.09 Å². The third-order valence-electron chi connectivity index (χ3n) is 3.50. The molecule has 1 unspecified atom stereocenters. The molecule has 0 fully saturated rings. The van der Waals surface area contributed by atoms with Crippen molar-refractivity contribution in [3.63, 3.8) is 0 Å². The molecule has 2 rings (SSSR count). The van der Waals surface area contributed by atoms with Crippen LogP contribution >= 0.6 is 0 Å². The molecule has 1 aromatic carbocycles. The van der Waals surface area contributed by atoms with Crippen molar-refractivity contribution in [2.45, 2.75) is 44.9 Å². The third kappa shape index (κ3) is 4.13. The highest BCUT2D eigenvalue weighted by Gasteiger charge is 2.33. The van der Waals surface area contributed by atoms with Crippen molar-refractivity contribution in [1.29, 1.82) is 0 Å². The lowest BCUT2D eigenvalue weighted by atomic mass is 9.99. The summed E-state index contributed by atoms with van der Waals surface area (Å²) in [4.78, 5) is 14.1. The van der Waals surface area contributed by atoms with Crippen LogP contribution in [0.1, 0.15) is 19.3 Å². The van der Waals surface area contributed by atoms with Crippen LogP contribution in [0.25, 0.3) is 0 Å². The fourth-order valence-corrected chi connectivity index (χ4v) is 3.58. The number of carbonyl (C=O) groups excluding carboxylic acids is 1. The van der Waals surface area contributed by atoms with Crippen LogP contribution in [-0.4, -0.2) is 27.6 Å². The number of methoxy groups -OCH3 is 1. The topological polar surface area (TPSA) is 38.8 Å². The Morgan fingerprint density at radius 2 is 1.91 bits per heavy atom. The summed E-state index contributed by atoms with van der Waals surface area (Å²) in [5, 5.41) is 0. The molecule has 0 aromatic heterocycles. The van der Waals surface area contributed by atoms with Gasteiger partial charge in [-0.15, -0.1) is 0 Å². The van der Waals surface area contributed by atoms with Gasteiger partial charge < -0.3 is 9.16 Å². The van der Waals surface area contributed by atoms with Crippen LogP contribution in [-0.2, 0) is 9.16 Å². The molecule has 0 radical (unpaired) electrons. The van der Waals surface area contributed by atoms with Gasteiger partial charge in [-0.1, -0.05) is 18.2 Å². The highest BCUT2D eigenvalue weighted by Crippen LogP contribution is 2.31. The van der Waals surface area contributed by atoms with Crippen molar-refractivity contribution in [3.05, 3.63) is 42.2 Å². The van der Waals surface area contributed by atoms with Gasteiger partial charge in [-0.25, -0.2) is 4.79 Å². The second-order valence-corrected chi connectivity index (χ2v) is 10.9. The lowest BCUT2D eigenvalue weighted by molar-refractivity contribution is 0.174. The Hall–Kier alpha value is -1.75. The van der Waals surface area contributed by atoms with Crippen molar-refractivity contribution < 1.29 is 14.0 Å². The van der Waals surface area contributed by atoms with Gasteiger partial charge in [0.05, 0.1) is 18.9 Å². The third-order valence-corrected chi connectivity index (χ3v) is 4.35. The Morgan fingerprint density at radius 1 is 1.23 bits per heavy atom. The predicted molar refractivity (Wildman–Crippen MR) is 91.5 cm³/mol. The summed E-state index contributed by atoms with van der Waals surface area (Å²) in [7, 11) is -0.305. The molecular weight excluding hydrogens is 294 g/mol. The Balaban J connectivity index is 2.35. The van der Waals surface area contributed by atoms with Gasteiger partial charge in [0.1, 0.15) is 0 Å². The van der Waals surface area contributed by atoms with Crippen LogP contribution in [0.15, 0.2) is 42.2 Å². The first-order chi connectivity index (χ1) is 10.4. The van der Waals surface area contributed by atoms with Crippen molar-refractivity contribution in [1.82, 2.24) is 0 Å². The van der Waals surface area contributed by atoms with Crippen LogP contribution < -0.4 is 4.90 Å². The summed E-state index contributed by atoms with van der Waals surface area (Å²) in [6.07, 6.45) is 4.72. The van der Waals surface area contributed by atoms with E-state index in [1.54, 1.807) is 4.90 Å². The van der Waals surface area contributed by atoms with E-state index in [1.807, 2.05) is 30.3 Å². The Kier molecular flexibility index (Phi) is 5.29. The van der Waals surface area contributed by atoms with E-state index >= 15 is 0 Å². The molecule has 1 aromatic rings. The smallest absolute Gasteiger partial charge is 0.414 e. The standard InChI is InChI=1S/C17H25NO3Si/c1-20-17(19)18(14-10-6-5-7-11-14)15-12-8-9-13-16(15)21-22(2,3)4/h5-7,10-11,13,15H,8-9,12H2,1-4H3. The predicted octanol–water partition coefficient (Wildman–Crippen LogP) is 4.55. The van der Waals surface area contributed by atoms with Crippen molar-refractivity contribution in [3.8, 4) is 0 Å². The summed E-state index contributed by atoms with van der Waals surface area (Å²) < 4.78 is 11.3. The summed E-state index contributed by atoms with van der Waals surface area (Å²) in [5.74, 6) is 0.916. The molecule has 0 saturated heterocycles. The summed E-state index contributed by atoms with van der Waals surface area (Å²) in [6.45, 7) is 6.47. The van der Waals surface area contributed by atoms with E-state index in [2.05, 4.69) is 25.7 Å². The van der Waals surface area contributed by atoms with E-state index in [9.17, 15) is 4.79 Å². The molecule has 0 heterocycles. The Morgan fingerprint density at radius 3 is 2.50 bits per heavy atom. The number of benzene rings is 1. The first kappa shape index (κ1) is 16.6. The van der Waals surface area contributed by atoms with Gasteiger partial charge in [-0.2, -0.15) is 0 Å². The lowest BCUT2D eigenvalue weighted by Crippen LogP contribution is -2.45. The zero-order valence-electron chi connectivity index (χ0n) is 13.8. The van der Waals surface area contributed by atoms with Crippen molar-refractivity contribution >= 4 is 20.1 Å². The number of hydrogen-bond acceptors (Lipinski definition) is 3. The Bertz CT molecular complexity index is 537. The number of anilines is 1. The number of nitrogens with zero attached hydrogens (tertiary/aromatic N) is 1. The van der Waals surface area contributed by atoms with Gasteiger partial charge in [0, 0.05) is 5.69 Å². The number of amides is 1. The molecule has 1 aliphatic carbocycles.